The summed E-state index contributed by atoms with van der Waals surface area (Å²) in [6.07, 6.45) is 0. The van der Waals surface area contributed by atoms with Crippen LogP contribution in [0.3, 0.4) is 0 Å². The summed E-state index contributed by atoms with van der Waals surface area (Å²) in [5.74, 6) is 0. The second kappa shape index (κ2) is 7.20. The number of alkyl halides is 3. The van der Waals surface area contributed by atoms with Crippen molar-refractivity contribution in [2.24, 2.45) is 0 Å². The number of sulfonamides is 1. The lowest BCUT2D eigenvalue weighted by atomic mass is 10.2. The van der Waals surface area contributed by atoms with E-state index in [9.17, 15) is 36.5 Å². The molecule has 2 aromatic carbocycles. The minimum Gasteiger partial charge on any atom is -0.320 e. The molecule has 0 aliphatic rings. The molecule has 3 rings (SSSR count). The number of hydrogen-bond donors (Lipinski definition) is 1. The highest BCUT2D eigenvalue weighted by Gasteiger charge is 2.50. The van der Waals surface area contributed by atoms with Crippen LogP contribution in [-0.4, -0.2) is 23.8 Å². The zero-order valence-corrected chi connectivity index (χ0v) is 15.2. The molecular weight excluding hydrogens is 415 g/mol. The Kier molecular flexibility index (Phi) is 5.05. The van der Waals surface area contributed by atoms with Gasteiger partial charge in [0.2, 0.25) is 0 Å². The molecule has 1 N–H and O–H groups in total. The summed E-state index contributed by atoms with van der Waals surface area (Å²) >= 11 is 0. The van der Waals surface area contributed by atoms with Gasteiger partial charge in [-0.3, -0.25) is 19.2 Å². The van der Waals surface area contributed by atoms with Crippen molar-refractivity contribution in [3.05, 3.63) is 80.6 Å². The summed E-state index contributed by atoms with van der Waals surface area (Å²) in [4.78, 5) is 24.8. The standard InChI is InChI=1S/C17H12F3N3O5S/c18-17(19,20)29(27,28)22(10-11-4-2-1-3-5-11)15-8-12-6-7-13(23(25)26)9-14(12)21-16(15)24/h1-9H,10H2,(H,21,24). The predicted octanol–water partition coefficient (Wildman–Crippen LogP) is 3.29. The molecule has 0 fully saturated rings. The molecule has 0 bridgehead atoms. The minimum atomic E-state index is -5.90. The Bertz CT molecular complexity index is 1240. The average Bonchev–Trinajstić information content (AvgIpc) is 2.65. The van der Waals surface area contributed by atoms with Gasteiger partial charge < -0.3 is 4.98 Å². The molecule has 0 unspecified atom stereocenters. The number of hydrogen-bond acceptors (Lipinski definition) is 5. The third-order valence-corrected chi connectivity index (χ3v) is 5.53. The van der Waals surface area contributed by atoms with Gasteiger partial charge in [-0.1, -0.05) is 30.3 Å². The SMILES string of the molecule is O=c1[nH]c2cc([N+](=O)[O-])ccc2cc1N(Cc1ccccc1)S(=O)(=O)C(F)(F)F. The van der Waals surface area contributed by atoms with Gasteiger partial charge in [-0.2, -0.15) is 21.6 Å². The molecule has 0 saturated carbocycles. The Morgan fingerprint density at radius 2 is 1.72 bits per heavy atom. The molecule has 12 heteroatoms. The molecule has 3 aromatic rings. The fourth-order valence-electron chi connectivity index (χ4n) is 2.65. The van der Waals surface area contributed by atoms with Crippen molar-refractivity contribution in [3.63, 3.8) is 0 Å². The summed E-state index contributed by atoms with van der Waals surface area (Å²) in [6, 6.07) is 11.7. The molecule has 8 nitrogen and oxygen atoms in total. The molecule has 1 heterocycles. The molecule has 0 aliphatic carbocycles. The van der Waals surface area contributed by atoms with Crippen molar-refractivity contribution >= 4 is 32.3 Å². The van der Waals surface area contributed by atoms with Gasteiger partial charge in [-0.15, -0.1) is 0 Å². The van der Waals surface area contributed by atoms with Crippen molar-refractivity contribution < 1.29 is 26.5 Å². The first-order valence-corrected chi connectivity index (χ1v) is 9.39. The third kappa shape index (κ3) is 3.92. The fourth-order valence-corrected chi connectivity index (χ4v) is 3.61. The van der Waals surface area contributed by atoms with E-state index in [-0.39, 0.29) is 26.5 Å². The zero-order valence-electron chi connectivity index (χ0n) is 14.4. The Morgan fingerprint density at radius 3 is 2.31 bits per heavy atom. The second-order valence-electron chi connectivity index (χ2n) is 5.96. The van der Waals surface area contributed by atoms with Crippen molar-refractivity contribution in [1.82, 2.24) is 4.98 Å². The Labute approximate surface area is 161 Å². The Morgan fingerprint density at radius 1 is 1.07 bits per heavy atom. The molecule has 0 amide bonds. The second-order valence-corrected chi connectivity index (χ2v) is 7.81. The van der Waals surface area contributed by atoms with Gasteiger partial charge in [0, 0.05) is 17.5 Å². The summed E-state index contributed by atoms with van der Waals surface area (Å²) in [5, 5.41) is 11.0. The topological polar surface area (TPSA) is 113 Å². The number of H-pyrrole nitrogens is 1. The predicted molar refractivity (Wildman–Crippen MR) is 98.8 cm³/mol. The van der Waals surface area contributed by atoms with Gasteiger partial charge >= 0.3 is 15.5 Å². The van der Waals surface area contributed by atoms with Crippen LogP contribution in [0.15, 0.2) is 59.4 Å². The molecular formula is C17H12F3N3O5S. The third-order valence-electron chi connectivity index (χ3n) is 4.04. The lowest BCUT2D eigenvalue weighted by Gasteiger charge is -2.25. The number of nitrogens with one attached hydrogen (secondary N) is 1. The first-order chi connectivity index (χ1) is 13.5. The summed E-state index contributed by atoms with van der Waals surface area (Å²) < 4.78 is 64.0. The normalized spacial score (nSPS) is 12.1. The lowest BCUT2D eigenvalue weighted by Crippen LogP contribution is -2.42. The van der Waals surface area contributed by atoms with Crippen molar-refractivity contribution in [2.45, 2.75) is 12.1 Å². The van der Waals surface area contributed by atoms with Crippen LogP contribution in [0.1, 0.15) is 5.56 Å². The van der Waals surface area contributed by atoms with E-state index >= 15 is 0 Å². The summed E-state index contributed by atoms with van der Waals surface area (Å²) in [5.41, 5.74) is -7.67. The summed E-state index contributed by atoms with van der Waals surface area (Å²) in [7, 11) is -5.90. The number of benzene rings is 2. The first-order valence-electron chi connectivity index (χ1n) is 7.95. The number of halogens is 3. The maximum Gasteiger partial charge on any atom is 0.516 e. The number of fused-ring (bicyclic) bond motifs is 1. The van der Waals surface area contributed by atoms with Gasteiger partial charge in [0.1, 0.15) is 5.69 Å². The summed E-state index contributed by atoms with van der Waals surface area (Å²) in [6.45, 7) is -0.732. The van der Waals surface area contributed by atoms with Crippen LogP contribution in [0, 0.1) is 10.1 Å². The number of nitro groups is 1. The first kappa shape index (κ1) is 20.3. The van der Waals surface area contributed by atoms with E-state index in [1.165, 1.54) is 30.3 Å². The fraction of sp³-hybridized carbons (Fsp3) is 0.118. The monoisotopic (exact) mass is 427 g/mol. The van der Waals surface area contributed by atoms with Crippen LogP contribution in [0.2, 0.25) is 0 Å². The molecule has 0 spiro atoms. The van der Waals surface area contributed by atoms with E-state index in [1.807, 2.05) is 0 Å². The van der Waals surface area contributed by atoms with E-state index in [0.717, 1.165) is 18.2 Å². The quantitative estimate of drug-likeness (QED) is 0.496. The van der Waals surface area contributed by atoms with Crippen LogP contribution in [0.5, 0.6) is 0 Å². The molecule has 152 valence electrons. The number of nitrogens with zero attached hydrogens (tertiary/aromatic N) is 2. The smallest absolute Gasteiger partial charge is 0.320 e. The van der Waals surface area contributed by atoms with Gasteiger partial charge in [-0.05, 0) is 17.7 Å². The number of non-ortho nitro benzene ring substituents is 1. The average molecular weight is 427 g/mol. The highest BCUT2D eigenvalue weighted by molar-refractivity contribution is 7.93. The molecule has 0 atom stereocenters. The van der Waals surface area contributed by atoms with E-state index in [2.05, 4.69) is 4.98 Å². The molecule has 0 radical (unpaired) electrons. The maximum absolute atomic E-state index is 13.2. The number of anilines is 1. The van der Waals surface area contributed by atoms with Crippen LogP contribution in [0.4, 0.5) is 24.5 Å². The van der Waals surface area contributed by atoms with Gasteiger partial charge in [0.15, 0.2) is 0 Å². The molecule has 1 aromatic heterocycles. The highest BCUT2D eigenvalue weighted by atomic mass is 32.2. The number of rotatable bonds is 5. The maximum atomic E-state index is 13.2. The van der Waals surface area contributed by atoms with Crippen LogP contribution < -0.4 is 9.86 Å². The molecule has 0 aliphatic heterocycles. The molecule has 0 saturated heterocycles. The van der Waals surface area contributed by atoms with Gasteiger partial charge in [0.05, 0.1) is 17.0 Å². The van der Waals surface area contributed by atoms with Crippen molar-refractivity contribution in [2.75, 3.05) is 4.31 Å². The van der Waals surface area contributed by atoms with E-state index in [4.69, 9.17) is 0 Å². The Balaban J connectivity index is 2.20. The number of aromatic nitrogens is 1. The number of nitro benzene ring substituents is 1. The van der Waals surface area contributed by atoms with Crippen molar-refractivity contribution in [1.29, 1.82) is 0 Å². The largest absolute Gasteiger partial charge is 0.516 e. The van der Waals surface area contributed by atoms with E-state index < -0.39 is 38.2 Å². The number of pyridine rings is 1. The minimum absolute atomic E-state index is 0.0167. The Hall–Kier alpha value is -3.41. The highest BCUT2D eigenvalue weighted by Crippen LogP contribution is 2.32. The van der Waals surface area contributed by atoms with Crippen LogP contribution in [0.25, 0.3) is 10.9 Å². The molecule has 29 heavy (non-hydrogen) atoms. The zero-order chi connectivity index (χ0) is 21.4. The van der Waals surface area contributed by atoms with Gasteiger partial charge in [0.25, 0.3) is 11.2 Å². The van der Waals surface area contributed by atoms with Crippen LogP contribution in [-0.2, 0) is 16.6 Å². The number of aromatic amines is 1. The van der Waals surface area contributed by atoms with Gasteiger partial charge in [-0.25, -0.2) is 0 Å². The lowest BCUT2D eigenvalue weighted by molar-refractivity contribution is -0.384. The van der Waals surface area contributed by atoms with Crippen molar-refractivity contribution in [3.8, 4) is 0 Å². The van der Waals surface area contributed by atoms with E-state index in [0.29, 0.717) is 0 Å². The van der Waals surface area contributed by atoms with Crippen LogP contribution >= 0.6 is 0 Å². The van der Waals surface area contributed by atoms with E-state index in [1.54, 1.807) is 6.07 Å².